The summed E-state index contributed by atoms with van der Waals surface area (Å²) in [7, 11) is 3.21. The second-order valence-corrected chi connectivity index (χ2v) is 9.69. The number of hydrazone groups is 1. The predicted molar refractivity (Wildman–Crippen MR) is 133 cm³/mol. The zero-order chi connectivity index (χ0) is 24.7. The molecule has 0 aliphatic carbocycles. The van der Waals surface area contributed by atoms with Crippen molar-refractivity contribution in [3.63, 3.8) is 0 Å². The number of carbonyl (C=O) groups is 2. The van der Waals surface area contributed by atoms with Crippen molar-refractivity contribution < 1.29 is 19.1 Å². The van der Waals surface area contributed by atoms with Gasteiger partial charge in [0.25, 0.3) is 5.91 Å². The van der Waals surface area contributed by atoms with Gasteiger partial charge in [-0.15, -0.1) is 0 Å². The van der Waals surface area contributed by atoms with Gasteiger partial charge < -0.3 is 14.4 Å². The summed E-state index contributed by atoms with van der Waals surface area (Å²) in [6.07, 6.45) is 0.932. The van der Waals surface area contributed by atoms with Gasteiger partial charge in [-0.05, 0) is 23.1 Å². The Bertz CT molecular complexity index is 1010. The molecule has 7 heteroatoms. The molecule has 0 N–H and O–H groups in total. The number of ether oxygens (including phenoxy) is 2. The van der Waals surface area contributed by atoms with E-state index in [-0.39, 0.29) is 29.8 Å². The Hall–Kier alpha value is -3.19. The largest absolute Gasteiger partial charge is 0.497 e. The highest BCUT2D eigenvalue weighted by molar-refractivity contribution is 6.03. The molecule has 1 aliphatic rings. The maximum atomic E-state index is 13.5. The van der Waals surface area contributed by atoms with E-state index in [4.69, 9.17) is 14.6 Å². The van der Waals surface area contributed by atoms with Crippen LogP contribution in [0.2, 0.25) is 0 Å². The summed E-state index contributed by atoms with van der Waals surface area (Å²) in [4.78, 5) is 28.1. The predicted octanol–water partition coefficient (Wildman–Crippen LogP) is 4.28. The zero-order valence-electron chi connectivity index (χ0n) is 20.8. The topological polar surface area (TPSA) is 71.4 Å². The quantitative estimate of drug-likeness (QED) is 0.554. The second kappa shape index (κ2) is 11.3. The molecule has 0 aromatic heterocycles. The van der Waals surface area contributed by atoms with Gasteiger partial charge in [0, 0.05) is 32.1 Å². The average molecular weight is 466 g/mol. The van der Waals surface area contributed by atoms with Crippen molar-refractivity contribution in [2.24, 2.45) is 10.5 Å². The number of hydrogen-bond acceptors (Lipinski definition) is 5. The first-order chi connectivity index (χ1) is 16.2. The van der Waals surface area contributed by atoms with Crippen LogP contribution in [0, 0.1) is 5.41 Å². The van der Waals surface area contributed by atoms with Gasteiger partial charge in [0.1, 0.15) is 12.3 Å². The van der Waals surface area contributed by atoms with E-state index in [1.165, 1.54) is 5.01 Å². The summed E-state index contributed by atoms with van der Waals surface area (Å²) in [6.45, 7) is 6.71. The molecule has 2 aromatic rings. The van der Waals surface area contributed by atoms with Gasteiger partial charge >= 0.3 is 0 Å². The van der Waals surface area contributed by atoms with Crippen LogP contribution in [0.25, 0.3) is 0 Å². The number of benzene rings is 2. The van der Waals surface area contributed by atoms with Crippen LogP contribution in [-0.4, -0.2) is 61.4 Å². The number of rotatable bonds is 9. The number of carbonyl (C=O) groups excluding carboxylic acids is 2. The van der Waals surface area contributed by atoms with Gasteiger partial charge in [-0.1, -0.05) is 63.2 Å². The van der Waals surface area contributed by atoms with Crippen molar-refractivity contribution >= 4 is 17.5 Å². The number of methoxy groups -OCH3 is 2. The molecule has 0 spiro atoms. The van der Waals surface area contributed by atoms with Crippen LogP contribution in [0.5, 0.6) is 5.75 Å². The van der Waals surface area contributed by atoms with Crippen molar-refractivity contribution in [3.8, 4) is 5.75 Å². The third kappa shape index (κ3) is 6.67. The summed E-state index contributed by atoms with van der Waals surface area (Å²) < 4.78 is 10.6. The van der Waals surface area contributed by atoms with Crippen molar-refractivity contribution in [3.05, 3.63) is 65.7 Å². The molecular formula is C27H35N3O4. The molecule has 0 fully saturated rings. The fraction of sp³-hybridized carbons (Fsp3) is 0.444. The normalized spacial score (nSPS) is 15.7. The van der Waals surface area contributed by atoms with Gasteiger partial charge in [-0.3, -0.25) is 9.59 Å². The molecule has 1 aliphatic heterocycles. The minimum absolute atomic E-state index is 0.0451. The summed E-state index contributed by atoms with van der Waals surface area (Å²) in [5.74, 6) is 0.454. The molecule has 34 heavy (non-hydrogen) atoms. The first kappa shape index (κ1) is 25.4. The average Bonchev–Trinajstić information content (AvgIpc) is 3.27. The third-order valence-corrected chi connectivity index (χ3v) is 5.68. The van der Waals surface area contributed by atoms with Crippen LogP contribution in [-0.2, 0) is 14.3 Å². The molecule has 3 rings (SSSR count). The van der Waals surface area contributed by atoms with E-state index in [1.807, 2.05) is 75.4 Å². The first-order valence-corrected chi connectivity index (χ1v) is 11.6. The lowest BCUT2D eigenvalue weighted by atomic mass is 9.91. The Kier molecular flexibility index (Phi) is 8.45. The highest BCUT2D eigenvalue weighted by Gasteiger charge is 2.34. The molecule has 0 bridgehead atoms. The Balaban J connectivity index is 1.88. The van der Waals surface area contributed by atoms with Gasteiger partial charge in [0.2, 0.25) is 5.91 Å². The minimum Gasteiger partial charge on any atom is -0.497 e. The van der Waals surface area contributed by atoms with Crippen molar-refractivity contribution in [1.29, 1.82) is 0 Å². The van der Waals surface area contributed by atoms with Gasteiger partial charge in [0.15, 0.2) is 0 Å². The number of hydrogen-bond donors (Lipinski definition) is 0. The smallest absolute Gasteiger partial charge is 0.262 e. The summed E-state index contributed by atoms with van der Waals surface area (Å²) >= 11 is 0. The molecule has 0 radical (unpaired) electrons. The SMILES string of the molecule is COCCN(CC(=O)N1N=C(c2cccc(OC)c2)CC1c1ccccc1)C(=O)CC(C)(C)C. The molecule has 0 saturated heterocycles. The standard InChI is InChI=1S/C27H35N3O4/c1-27(2,3)18-25(31)29(14-15-33-4)19-26(32)30-24(20-10-7-6-8-11-20)17-23(28-30)21-12-9-13-22(16-21)34-5/h6-13,16,24H,14-15,17-19H2,1-5H3. The van der Waals surface area contributed by atoms with E-state index in [2.05, 4.69) is 0 Å². The van der Waals surface area contributed by atoms with Crippen molar-refractivity contribution in [1.82, 2.24) is 9.91 Å². The van der Waals surface area contributed by atoms with Crippen molar-refractivity contribution in [2.45, 2.75) is 39.7 Å². The molecule has 2 aromatic carbocycles. The fourth-order valence-corrected chi connectivity index (χ4v) is 3.95. The third-order valence-electron chi connectivity index (χ3n) is 5.68. The lowest BCUT2D eigenvalue weighted by Crippen LogP contribution is -2.43. The molecule has 0 saturated carbocycles. The molecule has 1 atom stereocenters. The lowest BCUT2D eigenvalue weighted by molar-refractivity contribution is -0.143. The van der Waals surface area contributed by atoms with Crippen molar-refractivity contribution in [2.75, 3.05) is 33.9 Å². The van der Waals surface area contributed by atoms with E-state index >= 15 is 0 Å². The molecule has 1 heterocycles. The van der Waals surface area contributed by atoms with E-state index in [1.54, 1.807) is 19.1 Å². The monoisotopic (exact) mass is 465 g/mol. The molecule has 182 valence electrons. The minimum atomic E-state index is -0.239. The summed E-state index contributed by atoms with van der Waals surface area (Å²) in [6, 6.07) is 17.3. The maximum absolute atomic E-state index is 13.5. The highest BCUT2D eigenvalue weighted by Crippen LogP contribution is 2.33. The van der Waals surface area contributed by atoms with Crippen LogP contribution in [0.15, 0.2) is 59.7 Å². The van der Waals surface area contributed by atoms with E-state index in [9.17, 15) is 9.59 Å². The van der Waals surface area contributed by atoms with E-state index < -0.39 is 0 Å². The first-order valence-electron chi connectivity index (χ1n) is 11.6. The number of nitrogens with zero attached hydrogens (tertiary/aromatic N) is 3. The second-order valence-electron chi connectivity index (χ2n) is 9.69. The Morgan fingerprint density at radius 3 is 2.47 bits per heavy atom. The summed E-state index contributed by atoms with van der Waals surface area (Å²) in [5.41, 5.74) is 2.55. The fourth-order valence-electron chi connectivity index (χ4n) is 3.95. The van der Waals surface area contributed by atoms with Crippen LogP contribution in [0.4, 0.5) is 0 Å². The van der Waals surface area contributed by atoms with Gasteiger partial charge in [0.05, 0.1) is 25.5 Å². The zero-order valence-corrected chi connectivity index (χ0v) is 20.8. The van der Waals surface area contributed by atoms with Gasteiger partial charge in [-0.2, -0.15) is 5.10 Å². The van der Waals surface area contributed by atoms with Crippen LogP contribution >= 0.6 is 0 Å². The van der Waals surface area contributed by atoms with Crippen LogP contribution < -0.4 is 4.74 Å². The van der Waals surface area contributed by atoms with E-state index in [0.717, 1.165) is 22.6 Å². The molecule has 1 unspecified atom stereocenters. The molecular weight excluding hydrogens is 430 g/mol. The number of amides is 2. The van der Waals surface area contributed by atoms with Crippen LogP contribution in [0.3, 0.4) is 0 Å². The Morgan fingerprint density at radius 1 is 1.09 bits per heavy atom. The van der Waals surface area contributed by atoms with E-state index in [0.29, 0.717) is 26.0 Å². The van der Waals surface area contributed by atoms with Gasteiger partial charge in [-0.25, -0.2) is 5.01 Å². The molecule has 7 nitrogen and oxygen atoms in total. The molecule has 2 amide bonds. The summed E-state index contributed by atoms with van der Waals surface area (Å²) in [5, 5.41) is 6.27. The highest BCUT2D eigenvalue weighted by atomic mass is 16.5. The Labute approximate surface area is 202 Å². The van der Waals surface area contributed by atoms with Crippen LogP contribution in [0.1, 0.15) is 50.8 Å². The lowest BCUT2D eigenvalue weighted by Gasteiger charge is -2.29. The maximum Gasteiger partial charge on any atom is 0.262 e. The Morgan fingerprint density at radius 2 is 1.82 bits per heavy atom.